The molecule has 0 radical (unpaired) electrons. The summed E-state index contributed by atoms with van der Waals surface area (Å²) in [6.45, 7) is -0.700. The fraction of sp³-hybridized carbons (Fsp3) is 0.212. The van der Waals surface area contributed by atoms with E-state index in [-0.39, 0.29) is 50.9 Å². The summed E-state index contributed by atoms with van der Waals surface area (Å²) in [5.74, 6) is -14.7. The number of ether oxygens (including phenoxy) is 4. The highest BCUT2D eigenvalue weighted by Crippen LogP contribution is 2.57. The number of aromatic hydroxyl groups is 1. The molecule has 0 bridgehead atoms. The summed E-state index contributed by atoms with van der Waals surface area (Å²) in [6.07, 6.45) is -7.90. The number of phenols is 1. The number of amides is 1. The van der Waals surface area contributed by atoms with E-state index in [2.05, 4.69) is 0 Å². The van der Waals surface area contributed by atoms with Crippen LogP contribution in [0, 0.1) is 29.1 Å². The molecule has 4 aromatic carbocycles. The van der Waals surface area contributed by atoms with Crippen molar-refractivity contribution in [3.63, 3.8) is 0 Å². The largest absolute Gasteiger partial charge is 0.508 e. The Morgan fingerprint density at radius 1 is 0.800 bits per heavy atom. The summed E-state index contributed by atoms with van der Waals surface area (Å²) in [6, 6.07) is 11.7. The van der Waals surface area contributed by atoms with Crippen molar-refractivity contribution in [3.05, 3.63) is 112 Å². The minimum atomic E-state index is -2.44. The molecule has 6 atom stereocenters. The number of carbonyl (C=O) groups is 2. The van der Waals surface area contributed by atoms with E-state index in [0.717, 1.165) is 6.07 Å². The van der Waals surface area contributed by atoms with E-state index in [1.165, 1.54) is 48.5 Å². The van der Waals surface area contributed by atoms with Gasteiger partial charge in [0.2, 0.25) is 12.1 Å². The van der Waals surface area contributed by atoms with Crippen LogP contribution in [0.4, 0.5) is 27.6 Å². The number of carbonyl (C=O) groups excluding carboxylic acids is 2. The van der Waals surface area contributed by atoms with Crippen molar-refractivity contribution in [2.45, 2.75) is 36.3 Å². The van der Waals surface area contributed by atoms with Gasteiger partial charge in [0.25, 0.3) is 5.91 Å². The van der Waals surface area contributed by atoms with Crippen LogP contribution in [0.3, 0.4) is 0 Å². The molecule has 260 valence electrons. The first-order valence-electron chi connectivity index (χ1n) is 14.6. The normalized spacial score (nSPS) is 24.9. The molecule has 12 nitrogen and oxygen atoms in total. The molecule has 1 unspecified atom stereocenters. The van der Waals surface area contributed by atoms with Gasteiger partial charge in [-0.2, -0.15) is 0 Å². The van der Waals surface area contributed by atoms with Crippen molar-refractivity contribution in [1.82, 2.24) is 0 Å². The SMILES string of the molecule is O=C1OC2(c3ccc(O)cc3Oc3cc(O[C@@H]4O[C@H](CO)[C@H](O)[C@H](O)[C@H]4O)ccc32)c2ccc(NC(=O)c3c(F)c(F)c(F)c(F)c3F)cc21. The van der Waals surface area contributed by atoms with Gasteiger partial charge in [-0.15, -0.1) is 0 Å². The molecule has 3 aliphatic heterocycles. The number of nitrogens with one attached hydrogen (secondary N) is 1. The van der Waals surface area contributed by atoms with Crippen molar-refractivity contribution in [2.75, 3.05) is 11.9 Å². The molecule has 1 amide bonds. The number of aliphatic hydroxyl groups excluding tert-OH is 4. The number of aliphatic hydroxyl groups is 4. The first kappa shape index (κ1) is 33.2. The summed E-state index contributed by atoms with van der Waals surface area (Å²) in [5, 5.41) is 52.4. The predicted octanol–water partition coefficient (Wildman–Crippen LogP) is 3.09. The Morgan fingerprint density at radius 2 is 1.42 bits per heavy atom. The van der Waals surface area contributed by atoms with Gasteiger partial charge >= 0.3 is 5.97 Å². The minimum absolute atomic E-state index is 0.00883. The number of esters is 1. The van der Waals surface area contributed by atoms with Gasteiger partial charge in [0.15, 0.2) is 28.9 Å². The van der Waals surface area contributed by atoms with Crippen LogP contribution in [0.1, 0.15) is 37.4 Å². The number of fused-ring (bicyclic) bond motifs is 6. The minimum Gasteiger partial charge on any atom is -0.508 e. The lowest BCUT2D eigenvalue weighted by atomic mass is 9.77. The molecule has 7 rings (SSSR count). The second-order valence-corrected chi connectivity index (χ2v) is 11.5. The van der Waals surface area contributed by atoms with Crippen LogP contribution in [0.2, 0.25) is 0 Å². The molecule has 0 aromatic heterocycles. The van der Waals surface area contributed by atoms with E-state index in [1.807, 2.05) is 5.32 Å². The van der Waals surface area contributed by atoms with Crippen molar-refractivity contribution in [2.24, 2.45) is 0 Å². The average Bonchev–Trinajstić information content (AvgIpc) is 3.37. The van der Waals surface area contributed by atoms with Crippen LogP contribution in [0.25, 0.3) is 0 Å². The summed E-state index contributed by atoms with van der Waals surface area (Å²) in [4.78, 5) is 26.1. The smallest absolute Gasteiger partial charge is 0.340 e. The van der Waals surface area contributed by atoms with Gasteiger partial charge in [-0.1, -0.05) is 6.07 Å². The standard InChI is InChI=1S/C33H22F5NO11/c34-22-21(23(35)25(37)26(38)24(22)36)30(45)39-11-1-4-15-14(7-11)31(46)50-33(15)16-5-2-12(41)8-18(16)48-19-9-13(3-6-17(19)33)47-32-29(44)28(43)27(42)20(10-40)49-32/h1-9,20,27-29,32,40-44H,10H2,(H,39,45)/t20-,27+,28+,29-,32-,33?/m1/s1. The number of benzene rings is 4. The van der Waals surface area contributed by atoms with Crippen molar-refractivity contribution >= 4 is 17.6 Å². The molecule has 1 saturated heterocycles. The molecule has 3 heterocycles. The van der Waals surface area contributed by atoms with E-state index in [1.54, 1.807) is 0 Å². The summed E-state index contributed by atoms with van der Waals surface area (Å²) < 4.78 is 92.7. The Labute approximate surface area is 276 Å². The van der Waals surface area contributed by atoms with E-state index in [9.17, 15) is 57.1 Å². The van der Waals surface area contributed by atoms with Gasteiger partial charge in [0.05, 0.1) is 12.2 Å². The number of phenolic OH excluding ortho intramolecular Hbond substituents is 1. The van der Waals surface area contributed by atoms with Gasteiger partial charge in [-0.3, -0.25) is 4.79 Å². The lowest BCUT2D eigenvalue weighted by Gasteiger charge is -2.40. The number of halogens is 5. The Balaban J connectivity index is 1.27. The Kier molecular flexibility index (Phi) is 7.91. The number of hydrogen-bond donors (Lipinski definition) is 6. The van der Waals surface area contributed by atoms with E-state index < -0.39 is 89.4 Å². The molecule has 17 heteroatoms. The fourth-order valence-corrected chi connectivity index (χ4v) is 6.14. The summed E-state index contributed by atoms with van der Waals surface area (Å²) >= 11 is 0. The van der Waals surface area contributed by atoms with Crippen molar-refractivity contribution in [1.29, 1.82) is 0 Å². The van der Waals surface area contributed by atoms with Crippen LogP contribution < -0.4 is 14.8 Å². The highest BCUT2D eigenvalue weighted by molar-refractivity contribution is 6.06. The molecule has 1 spiro atoms. The highest BCUT2D eigenvalue weighted by atomic mass is 19.2. The van der Waals surface area contributed by atoms with Crippen LogP contribution in [-0.2, 0) is 15.1 Å². The maximum absolute atomic E-state index is 14.3. The molecular weight excluding hydrogens is 681 g/mol. The molecule has 6 N–H and O–H groups in total. The highest BCUT2D eigenvalue weighted by Gasteiger charge is 2.54. The molecule has 0 saturated carbocycles. The Hall–Kier alpha value is -5.33. The number of hydrogen-bond acceptors (Lipinski definition) is 11. The maximum Gasteiger partial charge on any atom is 0.340 e. The number of rotatable bonds is 5. The lowest BCUT2D eigenvalue weighted by molar-refractivity contribution is -0.277. The van der Waals surface area contributed by atoms with Gasteiger partial charge in [-0.25, -0.2) is 26.7 Å². The average molecular weight is 704 g/mol. The number of anilines is 1. The molecule has 3 aliphatic rings. The summed E-state index contributed by atoms with van der Waals surface area (Å²) in [5.41, 5.74) is -3.35. The van der Waals surface area contributed by atoms with Gasteiger partial charge in [0, 0.05) is 34.5 Å². The zero-order valence-electron chi connectivity index (χ0n) is 24.9. The van der Waals surface area contributed by atoms with Gasteiger partial charge < -0.3 is 49.8 Å². The predicted molar refractivity (Wildman–Crippen MR) is 155 cm³/mol. The molecule has 4 aromatic rings. The van der Waals surface area contributed by atoms with E-state index in [0.29, 0.717) is 0 Å². The molecular formula is C33H22F5NO11. The Morgan fingerprint density at radius 3 is 2.10 bits per heavy atom. The topological polar surface area (TPSA) is 184 Å². The third-order valence-electron chi connectivity index (χ3n) is 8.56. The van der Waals surface area contributed by atoms with Gasteiger partial charge in [0.1, 0.15) is 53.0 Å². The summed E-state index contributed by atoms with van der Waals surface area (Å²) in [7, 11) is 0. The Bertz CT molecular complexity index is 2070. The van der Waals surface area contributed by atoms with Crippen LogP contribution in [-0.4, -0.2) is 74.7 Å². The fourth-order valence-electron chi connectivity index (χ4n) is 6.14. The zero-order chi connectivity index (χ0) is 35.8. The molecule has 50 heavy (non-hydrogen) atoms. The van der Waals surface area contributed by atoms with E-state index in [4.69, 9.17) is 18.9 Å². The third-order valence-corrected chi connectivity index (χ3v) is 8.56. The van der Waals surface area contributed by atoms with Crippen molar-refractivity contribution < 1.29 is 76.0 Å². The second kappa shape index (κ2) is 11.9. The van der Waals surface area contributed by atoms with Crippen LogP contribution >= 0.6 is 0 Å². The lowest BCUT2D eigenvalue weighted by Crippen LogP contribution is -2.60. The van der Waals surface area contributed by atoms with Crippen LogP contribution in [0.5, 0.6) is 23.0 Å². The van der Waals surface area contributed by atoms with Crippen LogP contribution in [0.15, 0.2) is 54.6 Å². The third kappa shape index (κ3) is 4.92. The first-order valence-corrected chi connectivity index (χ1v) is 14.6. The van der Waals surface area contributed by atoms with E-state index >= 15 is 0 Å². The second-order valence-electron chi connectivity index (χ2n) is 11.5. The monoisotopic (exact) mass is 703 g/mol. The van der Waals surface area contributed by atoms with Gasteiger partial charge in [-0.05, 0) is 36.4 Å². The maximum atomic E-state index is 14.3. The molecule has 0 aliphatic carbocycles. The zero-order valence-corrected chi connectivity index (χ0v) is 24.9. The quantitative estimate of drug-likeness (QED) is 0.0778. The first-order chi connectivity index (χ1) is 23.8. The molecule has 1 fully saturated rings. The van der Waals surface area contributed by atoms with Crippen molar-refractivity contribution in [3.8, 4) is 23.0 Å².